The molecule has 0 spiro atoms. The lowest BCUT2D eigenvalue weighted by atomic mass is 10.3. The Hall–Kier alpha value is -2.48. The van der Waals surface area contributed by atoms with E-state index in [1.165, 1.54) is 0 Å². The van der Waals surface area contributed by atoms with Crippen LogP contribution < -0.4 is 15.1 Å². The van der Waals surface area contributed by atoms with E-state index >= 15 is 0 Å². The highest BCUT2D eigenvalue weighted by molar-refractivity contribution is 5.45. The predicted molar refractivity (Wildman–Crippen MR) is 95.5 cm³/mol. The highest BCUT2D eigenvalue weighted by Crippen LogP contribution is 2.16. The highest BCUT2D eigenvalue weighted by Gasteiger charge is 2.20. The average molecular weight is 328 g/mol. The summed E-state index contributed by atoms with van der Waals surface area (Å²) < 4.78 is 0. The Morgan fingerprint density at radius 1 is 1.00 bits per heavy atom. The first-order valence-electron chi connectivity index (χ1n) is 8.21. The molecular formula is C16H24N8. The van der Waals surface area contributed by atoms with E-state index in [1.807, 2.05) is 18.3 Å². The molecule has 0 aromatic carbocycles. The number of rotatable bonds is 6. The fourth-order valence-electron chi connectivity index (χ4n) is 2.59. The molecule has 3 heterocycles. The van der Waals surface area contributed by atoms with Crippen molar-refractivity contribution in [2.75, 3.05) is 68.5 Å². The van der Waals surface area contributed by atoms with Crippen LogP contribution in [0.3, 0.4) is 0 Å². The SMILES string of the molecule is CN(C)CCNc1nccc(N2CCN(c3ncccn3)CC2)n1. The maximum Gasteiger partial charge on any atom is 0.225 e. The van der Waals surface area contributed by atoms with Crippen molar-refractivity contribution in [3.63, 3.8) is 0 Å². The number of nitrogens with one attached hydrogen (secondary N) is 1. The quantitative estimate of drug-likeness (QED) is 0.825. The van der Waals surface area contributed by atoms with Crippen LogP contribution in [0.5, 0.6) is 0 Å². The van der Waals surface area contributed by atoms with E-state index in [0.29, 0.717) is 5.95 Å². The molecule has 3 rings (SSSR count). The monoisotopic (exact) mass is 328 g/mol. The van der Waals surface area contributed by atoms with E-state index in [0.717, 1.165) is 51.0 Å². The van der Waals surface area contributed by atoms with Gasteiger partial charge in [-0.25, -0.2) is 15.0 Å². The lowest BCUT2D eigenvalue weighted by molar-refractivity contribution is 0.425. The van der Waals surface area contributed by atoms with Gasteiger partial charge in [0.1, 0.15) is 5.82 Å². The average Bonchev–Trinajstić information content (AvgIpc) is 2.63. The van der Waals surface area contributed by atoms with Gasteiger partial charge in [0, 0.05) is 57.9 Å². The molecule has 0 aliphatic carbocycles. The van der Waals surface area contributed by atoms with Crippen molar-refractivity contribution in [1.82, 2.24) is 24.8 Å². The molecule has 0 radical (unpaired) electrons. The van der Waals surface area contributed by atoms with Crippen molar-refractivity contribution in [2.45, 2.75) is 0 Å². The van der Waals surface area contributed by atoms with Gasteiger partial charge in [-0.2, -0.15) is 4.98 Å². The summed E-state index contributed by atoms with van der Waals surface area (Å²) in [5.74, 6) is 2.44. The zero-order chi connectivity index (χ0) is 16.8. The molecule has 0 atom stereocenters. The third-order valence-corrected chi connectivity index (χ3v) is 3.92. The summed E-state index contributed by atoms with van der Waals surface area (Å²) in [5.41, 5.74) is 0. The van der Waals surface area contributed by atoms with Crippen LogP contribution >= 0.6 is 0 Å². The van der Waals surface area contributed by atoms with E-state index in [9.17, 15) is 0 Å². The minimum absolute atomic E-state index is 0.683. The number of likely N-dealkylation sites (N-methyl/N-ethyl adjacent to an activating group) is 1. The van der Waals surface area contributed by atoms with Gasteiger partial charge in [-0.05, 0) is 26.2 Å². The Morgan fingerprint density at radius 3 is 2.42 bits per heavy atom. The van der Waals surface area contributed by atoms with Crippen molar-refractivity contribution in [3.8, 4) is 0 Å². The molecule has 1 aliphatic rings. The molecule has 8 heteroatoms. The van der Waals surface area contributed by atoms with Gasteiger partial charge in [0.2, 0.25) is 11.9 Å². The van der Waals surface area contributed by atoms with Crippen LogP contribution in [0.4, 0.5) is 17.7 Å². The van der Waals surface area contributed by atoms with Crippen molar-refractivity contribution < 1.29 is 0 Å². The molecule has 128 valence electrons. The van der Waals surface area contributed by atoms with Gasteiger partial charge >= 0.3 is 0 Å². The first-order valence-corrected chi connectivity index (χ1v) is 8.21. The maximum atomic E-state index is 4.63. The number of piperazine rings is 1. The molecule has 0 saturated carbocycles. The first-order chi connectivity index (χ1) is 11.7. The molecular weight excluding hydrogens is 304 g/mol. The van der Waals surface area contributed by atoms with Crippen LogP contribution in [0.2, 0.25) is 0 Å². The Labute approximate surface area is 142 Å². The molecule has 1 saturated heterocycles. The van der Waals surface area contributed by atoms with Crippen molar-refractivity contribution in [2.24, 2.45) is 0 Å². The Kier molecular flexibility index (Phi) is 5.37. The summed E-state index contributed by atoms with van der Waals surface area (Å²) in [4.78, 5) is 24.2. The minimum Gasteiger partial charge on any atom is -0.353 e. The smallest absolute Gasteiger partial charge is 0.225 e. The van der Waals surface area contributed by atoms with Crippen molar-refractivity contribution in [1.29, 1.82) is 0 Å². The normalized spacial score (nSPS) is 15.0. The van der Waals surface area contributed by atoms with Gasteiger partial charge in [0.05, 0.1) is 0 Å². The Morgan fingerprint density at radius 2 is 1.71 bits per heavy atom. The molecule has 0 unspecified atom stereocenters. The van der Waals surface area contributed by atoms with E-state index in [-0.39, 0.29) is 0 Å². The molecule has 1 fully saturated rings. The fraction of sp³-hybridized carbons (Fsp3) is 0.500. The molecule has 1 aliphatic heterocycles. The molecule has 0 bridgehead atoms. The van der Waals surface area contributed by atoms with Crippen LogP contribution in [-0.2, 0) is 0 Å². The number of hydrogen-bond acceptors (Lipinski definition) is 8. The van der Waals surface area contributed by atoms with Gasteiger partial charge in [0.15, 0.2) is 0 Å². The van der Waals surface area contributed by atoms with Crippen LogP contribution in [0.15, 0.2) is 30.7 Å². The zero-order valence-electron chi connectivity index (χ0n) is 14.3. The number of nitrogens with zero attached hydrogens (tertiary/aromatic N) is 7. The van der Waals surface area contributed by atoms with Crippen LogP contribution in [0.1, 0.15) is 0 Å². The molecule has 1 N–H and O–H groups in total. The van der Waals surface area contributed by atoms with Gasteiger partial charge in [-0.15, -0.1) is 0 Å². The van der Waals surface area contributed by atoms with Crippen LogP contribution in [0, 0.1) is 0 Å². The van der Waals surface area contributed by atoms with Gasteiger partial charge < -0.3 is 20.0 Å². The fourth-order valence-corrected chi connectivity index (χ4v) is 2.59. The second kappa shape index (κ2) is 7.87. The largest absolute Gasteiger partial charge is 0.353 e. The van der Waals surface area contributed by atoms with Crippen molar-refractivity contribution >= 4 is 17.7 Å². The standard InChI is InChI=1S/C16H24N8/c1-22(2)9-8-18-15-17-7-4-14(21-15)23-10-12-24(13-11-23)16-19-5-3-6-20-16/h3-7H,8-13H2,1-2H3,(H,17,18,21). The van der Waals surface area contributed by atoms with Gasteiger partial charge in [-0.1, -0.05) is 0 Å². The van der Waals surface area contributed by atoms with E-state index < -0.39 is 0 Å². The minimum atomic E-state index is 0.683. The molecule has 8 nitrogen and oxygen atoms in total. The molecule has 2 aromatic rings. The number of anilines is 3. The second-order valence-corrected chi connectivity index (χ2v) is 5.99. The maximum absolute atomic E-state index is 4.63. The van der Waals surface area contributed by atoms with E-state index in [1.54, 1.807) is 12.4 Å². The van der Waals surface area contributed by atoms with Gasteiger partial charge in [-0.3, -0.25) is 0 Å². The lowest BCUT2D eigenvalue weighted by Crippen LogP contribution is -2.47. The third-order valence-electron chi connectivity index (χ3n) is 3.92. The van der Waals surface area contributed by atoms with E-state index in [2.05, 4.69) is 54.0 Å². The Balaban J connectivity index is 1.56. The molecule has 24 heavy (non-hydrogen) atoms. The summed E-state index contributed by atoms with van der Waals surface area (Å²) in [6, 6.07) is 3.80. The molecule has 0 amide bonds. The predicted octanol–water partition coefficient (Wildman–Crippen LogP) is 0.567. The molecule has 2 aromatic heterocycles. The summed E-state index contributed by atoms with van der Waals surface area (Å²) in [6.07, 6.45) is 5.38. The highest BCUT2D eigenvalue weighted by atomic mass is 15.3. The Bertz CT molecular complexity index is 625. The number of aromatic nitrogens is 4. The van der Waals surface area contributed by atoms with Crippen molar-refractivity contribution in [3.05, 3.63) is 30.7 Å². The number of hydrogen-bond donors (Lipinski definition) is 1. The summed E-state index contributed by atoms with van der Waals surface area (Å²) in [6.45, 7) is 5.34. The van der Waals surface area contributed by atoms with Crippen LogP contribution in [-0.4, -0.2) is 78.2 Å². The lowest BCUT2D eigenvalue weighted by Gasteiger charge is -2.35. The topological polar surface area (TPSA) is 73.3 Å². The van der Waals surface area contributed by atoms with Gasteiger partial charge in [0.25, 0.3) is 0 Å². The first kappa shape index (κ1) is 16.4. The summed E-state index contributed by atoms with van der Waals surface area (Å²) in [5, 5.41) is 3.27. The van der Waals surface area contributed by atoms with E-state index in [4.69, 9.17) is 0 Å². The third kappa shape index (κ3) is 4.29. The second-order valence-electron chi connectivity index (χ2n) is 5.99. The zero-order valence-corrected chi connectivity index (χ0v) is 14.3. The summed E-state index contributed by atoms with van der Waals surface area (Å²) in [7, 11) is 4.10. The van der Waals surface area contributed by atoms with Crippen LogP contribution in [0.25, 0.3) is 0 Å². The summed E-state index contributed by atoms with van der Waals surface area (Å²) >= 11 is 0.